The number of halogens is 1. The first kappa shape index (κ1) is 30.8. The highest BCUT2D eigenvalue weighted by molar-refractivity contribution is 7.92. The number of hydrogen-bond donors (Lipinski definition) is 1. The molecule has 0 spiro atoms. The van der Waals surface area contributed by atoms with E-state index in [9.17, 15) is 18.0 Å². The molecule has 9 nitrogen and oxygen atoms in total. The van der Waals surface area contributed by atoms with Crippen molar-refractivity contribution in [2.45, 2.75) is 37.8 Å². The zero-order chi connectivity index (χ0) is 29.4. The normalized spacial score (nSPS) is 11.8. The Morgan fingerprint density at radius 1 is 0.975 bits per heavy atom. The van der Waals surface area contributed by atoms with Crippen molar-refractivity contribution in [3.63, 3.8) is 0 Å². The highest BCUT2D eigenvalue weighted by Gasteiger charge is 2.34. The molecular formula is C29H34ClN3O6S. The number of rotatable bonds is 12. The second-order valence-corrected chi connectivity index (χ2v) is 11.3. The number of methoxy groups -OCH3 is 2. The number of ether oxygens (including phenoxy) is 2. The molecule has 0 aliphatic carbocycles. The van der Waals surface area contributed by atoms with Crippen molar-refractivity contribution < 1.29 is 27.5 Å². The zero-order valence-corrected chi connectivity index (χ0v) is 24.8. The molecule has 0 aliphatic rings. The lowest BCUT2D eigenvalue weighted by molar-refractivity contribution is -0.140. The molecule has 214 valence electrons. The number of carbonyl (C=O) groups excluding carboxylic acids is 2. The van der Waals surface area contributed by atoms with Crippen LogP contribution in [0.3, 0.4) is 0 Å². The molecule has 1 N–H and O–H groups in total. The number of anilines is 1. The molecule has 0 heterocycles. The maximum atomic E-state index is 14.0. The third kappa shape index (κ3) is 6.86. The van der Waals surface area contributed by atoms with Crippen LogP contribution in [-0.4, -0.2) is 59.0 Å². The second-order valence-electron chi connectivity index (χ2n) is 9.02. The summed E-state index contributed by atoms with van der Waals surface area (Å²) >= 11 is 6.39. The summed E-state index contributed by atoms with van der Waals surface area (Å²) < 4.78 is 39.7. The molecule has 0 saturated heterocycles. The summed E-state index contributed by atoms with van der Waals surface area (Å²) in [6.45, 7) is 3.12. The first-order valence-corrected chi connectivity index (χ1v) is 14.4. The Balaban J connectivity index is 2.10. The fraction of sp³-hybridized carbons (Fsp3) is 0.310. The summed E-state index contributed by atoms with van der Waals surface area (Å²) in [5.41, 5.74) is 1.84. The minimum absolute atomic E-state index is 0.0164. The highest BCUT2D eigenvalue weighted by Crippen LogP contribution is 2.32. The molecule has 0 aliphatic heterocycles. The van der Waals surface area contributed by atoms with E-state index in [4.69, 9.17) is 21.1 Å². The standard InChI is InChI=1S/C29H34ClN3O6S/c1-6-25(29(35)31-3)32(18-21-9-7-8-10-24(21)30)28(34)19-33(22-13-11-20(2)12-14-22)40(36,37)23-15-16-26(38-4)27(17-23)39-5/h7-17,25H,6,18-19H2,1-5H3,(H,31,35). The lowest BCUT2D eigenvalue weighted by atomic mass is 10.1. The Hall–Kier alpha value is -3.76. The van der Waals surface area contributed by atoms with Crippen LogP contribution >= 0.6 is 11.6 Å². The Labute approximate surface area is 240 Å². The van der Waals surface area contributed by atoms with Crippen molar-refractivity contribution in [1.82, 2.24) is 10.2 Å². The summed E-state index contributed by atoms with van der Waals surface area (Å²) in [5, 5.41) is 3.03. The van der Waals surface area contributed by atoms with Crippen LogP contribution in [0.25, 0.3) is 0 Å². The third-order valence-corrected chi connectivity index (χ3v) is 8.61. The minimum atomic E-state index is -4.27. The van der Waals surface area contributed by atoms with E-state index in [1.807, 2.05) is 6.92 Å². The first-order valence-electron chi connectivity index (χ1n) is 12.6. The van der Waals surface area contributed by atoms with E-state index in [0.717, 1.165) is 9.87 Å². The van der Waals surface area contributed by atoms with Crippen LogP contribution in [0.2, 0.25) is 5.02 Å². The number of hydrogen-bond acceptors (Lipinski definition) is 6. The van der Waals surface area contributed by atoms with Gasteiger partial charge in [0, 0.05) is 24.7 Å². The van der Waals surface area contributed by atoms with E-state index in [2.05, 4.69) is 5.32 Å². The monoisotopic (exact) mass is 587 g/mol. The largest absolute Gasteiger partial charge is 0.493 e. The van der Waals surface area contributed by atoms with Crippen LogP contribution in [0.5, 0.6) is 11.5 Å². The first-order chi connectivity index (χ1) is 19.1. The molecule has 40 heavy (non-hydrogen) atoms. The quantitative estimate of drug-likeness (QED) is 0.336. The lowest BCUT2D eigenvalue weighted by Crippen LogP contribution is -2.51. The molecule has 1 atom stereocenters. The number of sulfonamides is 1. The summed E-state index contributed by atoms with van der Waals surface area (Å²) in [4.78, 5) is 28.1. The van der Waals surface area contributed by atoms with Crippen LogP contribution < -0.4 is 19.1 Å². The van der Waals surface area contributed by atoms with Crippen molar-refractivity contribution in [2.75, 3.05) is 32.1 Å². The smallest absolute Gasteiger partial charge is 0.264 e. The van der Waals surface area contributed by atoms with Crippen LogP contribution in [0, 0.1) is 6.92 Å². The summed E-state index contributed by atoms with van der Waals surface area (Å²) in [7, 11) is 0.0810. The van der Waals surface area contributed by atoms with Gasteiger partial charge in [-0.2, -0.15) is 0 Å². The van der Waals surface area contributed by atoms with E-state index in [1.54, 1.807) is 55.5 Å². The van der Waals surface area contributed by atoms with Gasteiger partial charge in [-0.1, -0.05) is 54.4 Å². The summed E-state index contributed by atoms with van der Waals surface area (Å²) in [5.74, 6) is -0.348. The molecule has 11 heteroatoms. The molecule has 0 aromatic heterocycles. The number of benzene rings is 3. The van der Waals surface area contributed by atoms with Gasteiger partial charge in [0.05, 0.1) is 24.8 Å². The van der Waals surface area contributed by atoms with Gasteiger partial charge in [0.15, 0.2) is 11.5 Å². The van der Waals surface area contributed by atoms with E-state index in [-0.39, 0.29) is 23.1 Å². The van der Waals surface area contributed by atoms with E-state index < -0.39 is 28.5 Å². The fourth-order valence-corrected chi connectivity index (χ4v) is 5.87. The zero-order valence-electron chi connectivity index (χ0n) is 23.2. The van der Waals surface area contributed by atoms with Crippen LogP contribution in [0.15, 0.2) is 71.6 Å². The van der Waals surface area contributed by atoms with Gasteiger partial charge in [0.25, 0.3) is 10.0 Å². The Bertz CT molecular complexity index is 1450. The van der Waals surface area contributed by atoms with Crippen molar-refractivity contribution in [3.8, 4) is 11.5 Å². The van der Waals surface area contributed by atoms with Gasteiger partial charge in [0.1, 0.15) is 12.6 Å². The van der Waals surface area contributed by atoms with Crippen LogP contribution in [0.4, 0.5) is 5.69 Å². The molecule has 3 aromatic carbocycles. The third-order valence-electron chi connectivity index (χ3n) is 6.47. The summed E-state index contributed by atoms with van der Waals surface area (Å²) in [6, 6.07) is 17.2. The topological polar surface area (TPSA) is 105 Å². The minimum Gasteiger partial charge on any atom is -0.493 e. The van der Waals surface area contributed by atoms with E-state index in [0.29, 0.717) is 28.4 Å². The lowest BCUT2D eigenvalue weighted by Gasteiger charge is -2.33. The van der Waals surface area contributed by atoms with Crippen molar-refractivity contribution in [1.29, 1.82) is 0 Å². The van der Waals surface area contributed by atoms with Gasteiger partial charge in [0.2, 0.25) is 11.8 Å². The van der Waals surface area contributed by atoms with Gasteiger partial charge in [-0.05, 0) is 49.2 Å². The van der Waals surface area contributed by atoms with Gasteiger partial charge in [-0.3, -0.25) is 13.9 Å². The molecule has 0 fully saturated rings. The Morgan fingerprint density at radius 3 is 2.20 bits per heavy atom. The number of carbonyl (C=O) groups is 2. The molecule has 0 bridgehead atoms. The maximum absolute atomic E-state index is 14.0. The van der Waals surface area contributed by atoms with Crippen molar-refractivity contribution in [2.24, 2.45) is 0 Å². The molecule has 3 aromatic rings. The van der Waals surface area contributed by atoms with Gasteiger partial charge in [-0.15, -0.1) is 0 Å². The number of nitrogens with one attached hydrogen (secondary N) is 1. The molecule has 3 rings (SSSR count). The molecule has 0 saturated carbocycles. The van der Waals surface area contributed by atoms with Gasteiger partial charge >= 0.3 is 0 Å². The van der Waals surface area contributed by atoms with Gasteiger partial charge < -0.3 is 19.7 Å². The predicted octanol–water partition coefficient (Wildman–Crippen LogP) is 4.41. The molecule has 2 amide bonds. The Morgan fingerprint density at radius 2 is 1.62 bits per heavy atom. The van der Waals surface area contributed by atoms with E-state index >= 15 is 0 Å². The number of aryl methyl sites for hydroxylation is 1. The van der Waals surface area contributed by atoms with Crippen LogP contribution in [0.1, 0.15) is 24.5 Å². The SMILES string of the molecule is CCC(C(=O)NC)N(Cc1ccccc1Cl)C(=O)CN(c1ccc(C)cc1)S(=O)(=O)c1ccc(OC)c(OC)c1. The second kappa shape index (κ2) is 13.5. The van der Waals surface area contributed by atoms with Crippen molar-refractivity contribution >= 4 is 39.1 Å². The van der Waals surface area contributed by atoms with Gasteiger partial charge in [-0.25, -0.2) is 8.42 Å². The molecule has 1 unspecified atom stereocenters. The number of nitrogens with zero attached hydrogens (tertiary/aromatic N) is 2. The van der Waals surface area contributed by atoms with E-state index in [1.165, 1.54) is 44.4 Å². The summed E-state index contributed by atoms with van der Waals surface area (Å²) in [6.07, 6.45) is 0.308. The van der Waals surface area contributed by atoms with Crippen LogP contribution in [-0.2, 0) is 26.2 Å². The number of likely N-dealkylation sites (N-methyl/N-ethyl adjacent to an activating group) is 1. The number of amides is 2. The highest BCUT2D eigenvalue weighted by atomic mass is 35.5. The molecular weight excluding hydrogens is 554 g/mol. The predicted molar refractivity (Wildman–Crippen MR) is 155 cm³/mol. The average molecular weight is 588 g/mol. The average Bonchev–Trinajstić information content (AvgIpc) is 2.96. The molecule has 0 radical (unpaired) electrons. The Kier molecular flexibility index (Phi) is 10.4. The maximum Gasteiger partial charge on any atom is 0.264 e. The fourth-order valence-electron chi connectivity index (χ4n) is 4.24. The van der Waals surface area contributed by atoms with Crippen molar-refractivity contribution in [3.05, 3.63) is 82.9 Å².